The molecule has 1 aliphatic carbocycles. The summed E-state index contributed by atoms with van der Waals surface area (Å²) in [5.74, 6) is -0.881. The van der Waals surface area contributed by atoms with Crippen LogP contribution in [0.15, 0.2) is 53.5 Å². The summed E-state index contributed by atoms with van der Waals surface area (Å²) in [5, 5.41) is 0.420. The van der Waals surface area contributed by atoms with Crippen molar-refractivity contribution >= 4 is 23.2 Å². The molecule has 0 spiro atoms. The van der Waals surface area contributed by atoms with Crippen LogP contribution in [0.25, 0.3) is 5.65 Å². The molecule has 1 aromatic carbocycles. The summed E-state index contributed by atoms with van der Waals surface area (Å²) < 4.78 is 21.2. The first-order valence-corrected chi connectivity index (χ1v) is 9.47. The lowest BCUT2D eigenvalue weighted by molar-refractivity contribution is -0.152. The van der Waals surface area contributed by atoms with E-state index in [1.165, 1.54) is 22.7 Å². The highest BCUT2D eigenvalue weighted by Gasteiger charge is 2.45. The number of halogens is 2. The summed E-state index contributed by atoms with van der Waals surface area (Å²) in [4.78, 5) is 29.6. The van der Waals surface area contributed by atoms with Crippen molar-refractivity contribution in [3.05, 3.63) is 81.1 Å². The standard InChI is InChI=1S/C21H18ClFN2O3/c22-14-7-8-18-24-15(11-19(26)25(18)12-14)13-28-20(27)21(9-3-4-10-21)16-5-1-2-6-17(16)23/h1-2,5-8,11-12H,3-4,9-10,13H2. The molecule has 3 aromatic rings. The van der Waals surface area contributed by atoms with E-state index in [1.54, 1.807) is 30.3 Å². The lowest BCUT2D eigenvalue weighted by atomic mass is 9.78. The number of rotatable bonds is 4. The fourth-order valence-electron chi connectivity index (χ4n) is 3.89. The Morgan fingerprint density at radius 2 is 1.96 bits per heavy atom. The lowest BCUT2D eigenvalue weighted by Crippen LogP contribution is -2.35. The molecule has 1 saturated carbocycles. The third-order valence-corrected chi connectivity index (χ3v) is 5.49. The fraction of sp³-hybridized carbons (Fsp3) is 0.286. The normalized spacial score (nSPS) is 15.6. The minimum atomic E-state index is -0.981. The van der Waals surface area contributed by atoms with Crippen molar-refractivity contribution in [3.63, 3.8) is 0 Å². The predicted octanol–water partition coefficient (Wildman–Crippen LogP) is 4.04. The van der Waals surface area contributed by atoms with Gasteiger partial charge in [-0.25, -0.2) is 9.37 Å². The molecule has 4 rings (SSSR count). The number of benzene rings is 1. The van der Waals surface area contributed by atoms with E-state index in [-0.39, 0.29) is 12.2 Å². The fourth-order valence-corrected chi connectivity index (χ4v) is 4.05. The highest BCUT2D eigenvalue weighted by atomic mass is 35.5. The quantitative estimate of drug-likeness (QED) is 0.620. The molecule has 0 unspecified atom stereocenters. The van der Waals surface area contributed by atoms with Crippen molar-refractivity contribution in [1.82, 2.24) is 9.38 Å². The molecule has 144 valence electrons. The zero-order valence-electron chi connectivity index (χ0n) is 15.0. The third-order valence-electron chi connectivity index (χ3n) is 5.26. The molecule has 28 heavy (non-hydrogen) atoms. The molecule has 2 heterocycles. The van der Waals surface area contributed by atoms with E-state index < -0.39 is 17.2 Å². The maximum atomic E-state index is 14.4. The van der Waals surface area contributed by atoms with Crippen molar-refractivity contribution in [3.8, 4) is 0 Å². The summed E-state index contributed by atoms with van der Waals surface area (Å²) in [6.07, 6.45) is 4.23. The number of fused-ring (bicyclic) bond motifs is 1. The van der Waals surface area contributed by atoms with Gasteiger partial charge in [-0.3, -0.25) is 14.0 Å². The largest absolute Gasteiger partial charge is 0.458 e. The van der Waals surface area contributed by atoms with Gasteiger partial charge in [-0.15, -0.1) is 0 Å². The number of aromatic nitrogens is 2. The summed E-state index contributed by atoms with van der Waals surface area (Å²) >= 11 is 5.90. The second kappa shape index (κ2) is 7.36. The van der Waals surface area contributed by atoms with Crippen molar-refractivity contribution in [1.29, 1.82) is 0 Å². The van der Waals surface area contributed by atoms with Crippen LogP contribution in [0.2, 0.25) is 5.02 Å². The monoisotopic (exact) mass is 400 g/mol. The van der Waals surface area contributed by atoms with Gasteiger partial charge in [-0.1, -0.05) is 42.6 Å². The first-order valence-electron chi connectivity index (χ1n) is 9.10. The Kier molecular flexibility index (Phi) is 4.89. The molecule has 0 N–H and O–H groups in total. The van der Waals surface area contributed by atoms with E-state index in [9.17, 15) is 14.0 Å². The zero-order valence-corrected chi connectivity index (χ0v) is 15.8. The Hall–Kier alpha value is -2.73. The van der Waals surface area contributed by atoms with Crippen LogP contribution in [-0.4, -0.2) is 15.4 Å². The van der Waals surface area contributed by atoms with Gasteiger partial charge in [0.15, 0.2) is 0 Å². The lowest BCUT2D eigenvalue weighted by Gasteiger charge is -2.27. The third kappa shape index (κ3) is 3.29. The van der Waals surface area contributed by atoms with Crippen LogP contribution in [0.1, 0.15) is 36.9 Å². The molecular weight excluding hydrogens is 383 g/mol. The van der Waals surface area contributed by atoms with Crippen LogP contribution < -0.4 is 5.56 Å². The Morgan fingerprint density at radius 3 is 2.71 bits per heavy atom. The molecule has 7 heteroatoms. The van der Waals surface area contributed by atoms with Gasteiger partial charge in [0.05, 0.1) is 16.1 Å². The number of nitrogens with zero attached hydrogens (tertiary/aromatic N) is 2. The minimum Gasteiger partial charge on any atom is -0.458 e. The van der Waals surface area contributed by atoms with E-state index in [0.717, 1.165) is 12.8 Å². The highest BCUT2D eigenvalue weighted by molar-refractivity contribution is 6.30. The van der Waals surface area contributed by atoms with Crippen LogP contribution in [0.5, 0.6) is 0 Å². The molecule has 0 amide bonds. The average molecular weight is 401 g/mol. The molecule has 1 aliphatic rings. The van der Waals surface area contributed by atoms with E-state index in [4.69, 9.17) is 16.3 Å². The van der Waals surface area contributed by atoms with Crippen LogP contribution >= 0.6 is 11.6 Å². The predicted molar refractivity (Wildman–Crippen MR) is 103 cm³/mol. The molecule has 1 fully saturated rings. The average Bonchev–Trinajstić information content (AvgIpc) is 3.18. The van der Waals surface area contributed by atoms with Gasteiger partial charge in [0.2, 0.25) is 0 Å². The van der Waals surface area contributed by atoms with E-state index >= 15 is 0 Å². The number of esters is 1. The molecule has 0 aliphatic heterocycles. The van der Waals surface area contributed by atoms with Crippen LogP contribution in [0.4, 0.5) is 4.39 Å². The number of pyridine rings is 1. The summed E-state index contributed by atoms with van der Waals surface area (Å²) in [6.45, 7) is -0.149. The van der Waals surface area contributed by atoms with Crippen LogP contribution in [0.3, 0.4) is 0 Å². The van der Waals surface area contributed by atoms with Crippen molar-refractivity contribution in [2.24, 2.45) is 0 Å². The van der Waals surface area contributed by atoms with Crippen LogP contribution in [0, 0.1) is 5.82 Å². The van der Waals surface area contributed by atoms with Gasteiger partial charge >= 0.3 is 5.97 Å². The molecule has 2 aromatic heterocycles. The Morgan fingerprint density at radius 1 is 1.21 bits per heavy atom. The van der Waals surface area contributed by atoms with Gasteiger partial charge in [-0.2, -0.15) is 0 Å². The van der Waals surface area contributed by atoms with Crippen molar-refractivity contribution in [2.45, 2.75) is 37.7 Å². The Balaban J connectivity index is 1.60. The molecule has 0 saturated heterocycles. The molecular formula is C21H18ClFN2O3. The Labute approximate surface area is 165 Å². The van der Waals surface area contributed by atoms with Gasteiger partial charge in [0.25, 0.3) is 5.56 Å². The van der Waals surface area contributed by atoms with Crippen molar-refractivity contribution in [2.75, 3.05) is 0 Å². The van der Waals surface area contributed by atoms with Gasteiger partial charge in [0, 0.05) is 17.8 Å². The summed E-state index contributed by atoms with van der Waals surface area (Å²) in [5.41, 5.74) is -0.179. The topological polar surface area (TPSA) is 60.7 Å². The first-order chi connectivity index (χ1) is 13.5. The van der Waals surface area contributed by atoms with Gasteiger partial charge < -0.3 is 4.74 Å². The second-order valence-electron chi connectivity index (χ2n) is 7.01. The molecule has 0 atom stereocenters. The molecule has 5 nitrogen and oxygen atoms in total. The molecule has 0 radical (unpaired) electrons. The maximum absolute atomic E-state index is 14.4. The maximum Gasteiger partial charge on any atom is 0.317 e. The smallest absolute Gasteiger partial charge is 0.317 e. The number of carbonyl (C=O) groups is 1. The van der Waals surface area contributed by atoms with E-state index in [2.05, 4.69) is 4.98 Å². The Bertz CT molecular complexity index is 1110. The van der Waals surface area contributed by atoms with Crippen molar-refractivity contribution < 1.29 is 13.9 Å². The van der Waals surface area contributed by atoms with Gasteiger partial charge in [0.1, 0.15) is 18.1 Å². The zero-order chi connectivity index (χ0) is 19.7. The van der Waals surface area contributed by atoms with Crippen LogP contribution in [-0.2, 0) is 21.6 Å². The number of carbonyl (C=O) groups excluding carboxylic acids is 1. The second-order valence-corrected chi connectivity index (χ2v) is 7.44. The first kappa shape index (κ1) is 18.6. The number of ether oxygens (including phenoxy) is 1. The van der Waals surface area contributed by atoms with E-state index in [1.807, 2.05) is 0 Å². The summed E-state index contributed by atoms with van der Waals surface area (Å²) in [7, 11) is 0. The number of hydrogen-bond acceptors (Lipinski definition) is 4. The minimum absolute atomic E-state index is 0.149. The van der Waals surface area contributed by atoms with E-state index in [0.29, 0.717) is 34.8 Å². The highest BCUT2D eigenvalue weighted by Crippen LogP contribution is 2.43. The summed E-state index contributed by atoms with van der Waals surface area (Å²) in [6, 6.07) is 10.9. The van der Waals surface area contributed by atoms with Gasteiger partial charge in [-0.05, 0) is 31.0 Å². The SMILES string of the molecule is O=C(OCc1cc(=O)n2cc(Cl)ccc2n1)C1(c2ccccc2F)CCCC1. The molecule has 0 bridgehead atoms. The number of hydrogen-bond donors (Lipinski definition) is 0.